The highest BCUT2D eigenvalue weighted by molar-refractivity contribution is 14.0. The Hall–Kier alpha value is -0.770. The zero-order valence-corrected chi connectivity index (χ0v) is 20.2. The van der Waals surface area contributed by atoms with Crippen LogP contribution in [0, 0.1) is 5.92 Å². The highest BCUT2D eigenvalue weighted by Gasteiger charge is 2.15. The maximum absolute atomic E-state index is 12.1. The number of hydrogen-bond donors (Lipinski definition) is 2. The molecule has 0 bridgehead atoms. The van der Waals surface area contributed by atoms with E-state index in [-0.39, 0.29) is 29.9 Å². The molecule has 2 rings (SSSR count). The van der Waals surface area contributed by atoms with Gasteiger partial charge in [0.2, 0.25) is 0 Å². The van der Waals surface area contributed by atoms with Crippen LogP contribution >= 0.6 is 47.2 Å². The largest absolute Gasteiger partial charge is 0.381 e. The summed E-state index contributed by atoms with van der Waals surface area (Å²) in [6.45, 7) is 3.76. The standard InChI is InChI=1S/C19H28Cl2N4O2.HI/c1-22-19(25(2)10-5-14-6-11-27-12-7-14)24-9-8-23-18(26)15-3-4-16(20)17(21)13-15;/h3-4,13-14H,5-12H2,1-2H3,(H,22,24)(H,23,26);1H. The predicted molar refractivity (Wildman–Crippen MR) is 126 cm³/mol. The van der Waals surface area contributed by atoms with E-state index in [4.69, 9.17) is 27.9 Å². The van der Waals surface area contributed by atoms with E-state index >= 15 is 0 Å². The van der Waals surface area contributed by atoms with Crippen molar-refractivity contribution in [3.05, 3.63) is 33.8 Å². The van der Waals surface area contributed by atoms with Crippen molar-refractivity contribution in [2.45, 2.75) is 19.3 Å². The van der Waals surface area contributed by atoms with Crippen LogP contribution in [-0.2, 0) is 4.74 Å². The third kappa shape index (κ3) is 8.31. The Morgan fingerprint density at radius 1 is 1.21 bits per heavy atom. The van der Waals surface area contributed by atoms with Gasteiger partial charge in [-0.1, -0.05) is 23.2 Å². The normalized spacial score (nSPS) is 14.9. The van der Waals surface area contributed by atoms with Crippen LogP contribution in [-0.4, -0.2) is 63.7 Å². The van der Waals surface area contributed by atoms with Gasteiger partial charge in [0, 0.05) is 52.5 Å². The lowest BCUT2D eigenvalue weighted by atomic mass is 9.96. The fourth-order valence-electron chi connectivity index (χ4n) is 2.99. The molecule has 0 unspecified atom stereocenters. The quantitative estimate of drug-likeness (QED) is 0.239. The van der Waals surface area contributed by atoms with E-state index in [0.29, 0.717) is 28.7 Å². The van der Waals surface area contributed by atoms with Gasteiger partial charge in [0.05, 0.1) is 10.0 Å². The molecule has 0 aromatic heterocycles. The number of nitrogens with zero attached hydrogens (tertiary/aromatic N) is 2. The van der Waals surface area contributed by atoms with Crippen molar-refractivity contribution in [2.75, 3.05) is 46.9 Å². The first-order valence-electron chi connectivity index (χ1n) is 9.24. The number of nitrogens with one attached hydrogen (secondary N) is 2. The summed E-state index contributed by atoms with van der Waals surface area (Å²) in [6, 6.07) is 4.84. The van der Waals surface area contributed by atoms with Gasteiger partial charge in [-0.3, -0.25) is 9.79 Å². The lowest BCUT2D eigenvalue weighted by Gasteiger charge is -2.26. The second-order valence-electron chi connectivity index (χ2n) is 6.62. The van der Waals surface area contributed by atoms with Crippen molar-refractivity contribution >= 4 is 59.0 Å². The van der Waals surface area contributed by atoms with Gasteiger partial charge in [0.25, 0.3) is 5.91 Å². The van der Waals surface area contributed by atoms with Crippen LogP contribution in [0.5, 0.6) is 0 Å². The average molecular weight is 543 g/mol. The minimum atomic E-state index is -0.182. The maximum Gasteiger partial charge on any atom is 0.251 e. The van der Waals surface area contributed by atoms with Crippen LogP contribution in [0.15, 0.2) is 23.2 Å². The van der Waals surface area contributed by atoms with Gasteiger partial charge in [-0.25, -0.2) is 0 Å². The molecule has 0 spiro atoms. The smallest absolute Gasteiger partial charge is 0.251 e. The summed E-state index contributed by atoms with van der Waals surface area (Å²) in [5.41, 5.74) is 0.488. The van der Waals surface area contributed by atoms with E-state index in [2.05, 4.69) is 20.5 Å². The molecule has 1 amide bonds. The van der Waals surface area contributed by atoms with Crippen molar-refractivity contribution in [2.24, 2.45) is 10.9 Å². The fourth-order valence-corrected chi connectivity index (χ4v) is 3.29. The van der Waals surface area contributed by atoms with Gasteiger partial charge in [-0.15, -0.1) is 24.0 Å². The Bertz CT molecular complexity index is 655. The molecule has 1 saturated heterocycles. The summed E-state index contributed by atoms with van der Waals surface area (Å²) in [6.07, 6.45) is 3.41. The van der Waals surface area contributed by atoms with Crippen LogP contribution < -0.4 is 10.6 Å². The highest BCUT2D eigenvalue weighted by atomic mass is 127. The van der Waals surface area contributed by atoms with Crippen molar-refractivity contribution < 1.29 is 9.53 Å². The zero-order valence-electron chi connectivity index (χ0n) is 16.3. The molecular weight excluding hydrogens is 514 g/mol. The molecule has 0 aliphatic carbocycles. The molecule has 1 heterocycles. The number of aliphatic imine (C=N–C) groups is 1. The average Bonchev–Trinajstić information content (AvgIpc) is 2.69. The van der Waals surface area contributed by atoms with Gasteiger partial charge >= 0.3 is 0 Å². The number of carbonyl (C=O) groups excluding carboxylic acids is 1. The second kappa shape index (κ2) is 13.5. The van der Waals surface area contributed by atoms with E-state index in [1.54, 1.807) is 25.2 Å². The number of hydrogen-bond acceptors (Lipinski definition) is 3. The first-order valence-corrected chi connectivity index (χ1v) is 9.99. The van der Waals surface area contributed by atoms with Crippen LogP contribution in [0.4, 0.5) is 0 Å². The number of carbonyl (C=O) groups is 1. The number of guanidine groups is 1. The van der Waals surface area contributed by atoms with Gasteiger partial charge in [0.1, 0.15) is 0 Å². The molecule has 1 fully saturated rings. The van der Waals surface area contributed by atoms with E-state index in [1.165, 1.54) is 0 Å². The van der Waals surface area contributed by atoms with Crippen LogP contribution in [0.2, 0.25) is 10.0 Å². The zero-order chi connectivity index (χ0) is 19.6. The summed E-state index contributed by atoms with van der Waals surface area (Å²) in [5, 5.41) is 6.93. The van der Waals surface area contributed by atoms with Crippen LogP contribution in [0.25, 0.3) is 0 Å². The van der Waals surface area contributed by atoms with Gasteiger partial charge in [-0.2, -0.15) is 0 Å². The molecule has 1 aromatic rings. The fraction of sp³-hybridized carbons (Fsp3) is 0.579. The Balaban J connectivity index is 0.00000392. The molecule has 0 atom stereocenters. The first kappa shape index (κ1) is 25.3. The van der Waals surface area contributed by atoms with Crippen molar-refractivity contribution in [3.8, 4) is 0 Å². The highest BCUT2D eigenvalue weighted by Crippen LogP contribution is 2.22. The van der Waals surface area contributed by atoms with Crippen LogP contribution in [0.1, 0.15) is 29.6 Å². The number of benzene rings is 1. The molecule has 158 valence electrons. The molecule has 2 N–H and O–H groups in total. The van der Waals surface area contributed by atoms with E-state index in [0.717, 1.165) is 50.9 Å². The monoisotopic (exact) mass is 542 g/mol. The lowest BCUT2D eigenvalue weighted by molar-refractivity contribution is 0.0625. The maximum atomic E-state index is 12.1. The molecule has 1 aromatic carbocycles. The molecule has 1 aliphatic heterocycles. The Labute approximate surface area is 194 Å². The molecule has 28 heavy (non-hydrogen) atoms. The number of ether oxygens (including phenoxy) is 1. The van der Waals surface area contributed by atoms with Gasteiger partial charge in [0.15, 0.2) is 5.96 Å². The SMILES string of the molecule is CN=C(NCCNC(=O)c1ccc(Cl)c(Cl)c1)N(C)CCC1CCOCC1.I. The van der Waals surface area contributed by atoms with Crippen LogP contribution in [0.3, 0.4) is 0 Å². The first-order chi connectivity index (χ1) is 13.0. The van der Waals surface area contributed by atoms with E-state index < -0.39 is 0 Å². The lowest BCUT2D eigenvalue weighted by Crippen LogP contribution is -2.43. The molecular formula is C19H29Cl2IN4O2. The summed E-state index contributed by atoms with van der Waals surface area (Å²) in [5.74, 6) is 1.37. The third-order valence-electron chi connectivity index (χ3n) is 4.66. The summed E-state index contributed by atoms with van der Waals surface area (Å²) < 4.78 is 5.41. The molecule has 9 heteroatoms. The topological polar surface area (TPSA) is 66.0 Å². The number of halogens is 3. The van der Waals surface area contributed by atoms with Gasteiger partial charge in [-0.05, 0) is 43.4 Å². The number of amides is 1. The van der Waals surface area contributed by atoms with E-state index in [1.807, 2.05) is 7.05 Å². The Kier molecular flexibility index (Phi) is 12.1. The molecule has 0 saturated carbocycles. The Morgan fingerprint density at radius 2 is 1.89 bits per heavy atom. The van der Waals surface area contributed by atoms with Gasteiger partial charge < -0.3 is 20.3 Å². The Morgan fingerprint density at radius 3 is 2.54 bits per heavy atom. The molecule has 1 aliphatic rings. The summed E-state index contributed by atoms with van der Waals surface area (Å²) in [7, 11) is 3.80. The third-order valence-corrected chi connectivity index (χ3v) is 5.40. The van der Waals surface area contributed by atoms with Crippen molar-refractivity contribution in [3.63, 3.8) is 0 Å². The molecule has 0 radical (unpaired) electrons. The summed E-state index contributed by atoms with van der Waals surface area (Å²) in [4.78, 5) is 18.6. The second-order valence-corrected chi connectivity index (χ2v) is 7.44. The van der Waals surface area contributed by atoms with Crippen molar-refractivity contribution in [1.29, 1.82) is 0 Å². The minimum Gasteiger partial charge on any atom is -0.381 e. The minimum absolute atomic E-state index is 0. The summed E-state index contributed by atoms with van der Waals surface area (Å²) >= 11 is 11.8. The number of rotatable bonds is 7. The van der Waals surface area contributed by atoms with E-state index in [9.17, 15) is 4.79 Å². The molecule has 6 nitrogen and oxygen atoms in total. The van der Waals surface area contributed by atoms with Crippen molar-refractivity contribution in [1.82, 2.24) is 15.5 Å². The predicted octanol–water partition coefficient (Wildman–Crippen LogP) is 3.67.